The third-order valence-corrected chi connectivity index (χ3v) is 4.59. The fourth-order valence-electron chi connectivity index (χ4n) is 3.29. The molecule has 1 fully saturated rings. The van der Waals surface area contributed by atoms with Crippen molar-refractivity contribution in [3.8, 4) is 11.5 Å². The summed E-state index contributed by atoms with van der Waals surface area (Å²) in [5, 5.41) is 5.14. The Morgan fingerprint density at radius 2 is 1.96 bits per heavy atom. The molecule has 2 N–H and O–H groups in total. The second kappa shape index (κ2) is 8.20. The van der Waals surface area contributed by atoms with Crippen molar-refractivity contribution in [1.82, 2.24) is 15.5 Å². The van der Waals surface area contributed by atoms with Gasteiger partial charge in [0.2, 0.25) is 11.8 Å². The van der Waals surface area contributed by atoms with Gasteiger partial charge in [-0.15, -0.1) is 0 Å². The standard InChI is InChI=1S/C18H25N3O4/c1-19-17(22)11-20-18(23)12-21-7-2-4-14(21)13-5-6-15-16(10-13)25-9-3-8-24-15/h5-6,10,14H,2-4,7-9,11-12H2,1H3,(H,19,22)(H,20,23)/t14-/m1/s1. The summed E-state index contributed by atoms with van der Waals surface area (Å²) in [5.74, 6) is 1.24. The molecular weight excluding hydrogens is 322 g/mol. The Hall–Kier alpha value is -2.28. The van der Waals surface area contributed by atoms with Crippen molar-refractivity contribution in [1.29, 1.82) is 0 Å². The number of benzene rings is 1. The van der Waals surface area contributed by atoms with Gasteiger partial charge in [0.25, 0.3) is 0 Å². The molecule has 1 aromatic rings. The molecule has 1 atom stereocenters. The van der Waals surface area contributed by atoms with Crippen LogP contribution in [0, 0.1) is 0 Å². The van der Waals surface area contributed by atoms with E-state index in [9.17, 15) is 9.59 Å². The average molecular weight is 347 g/mol. The molecule has 0 saturated carbocycles. The van der Waals surface area contributed by atoms with Crippen molar-refractivity contribution in [3.05, 3.63) is 23.8 Å². The van der Waals surface area contributed by atoms with E-state index in [1.165, 1.54) is 0 Å². The number of fused-ring (bicyclic) bond motifs is 1. The van der Waals surface area contributed by atoms with Crippen molar-refractivity contribution in [2.75, 3.05) is 39.9 Å². The minimum atomic E-state index is -0.200. The Bertz CT molecular complexity index is 635. The van der Waals surface area contributed by atoms with E-state index in [4.69, 9.17) is 9.47 Å². The topological polar surface area (TPSA) is 79.9 Å². The van der Waals surface area contributed by atoms with E-state index < -0.39 is 0 Å². The maximum absolute atomic E-state index is 12.1. The molecule has 3 rings (SSSR count). The van der Waals surface area contributed by atoms with Gasteiger partial charge in [0, 0.05) is 19.5 Å². The molecular formula is C18H25N3O4. The highest BCUT2D eigenvalue weighted by Crippen LogP contribution is 2.37. The van der Waals surface area contributed by atoms with Gasteiger partial charge < -0.3 is 20.1 Å². The number of ether oxygens (including phenoxy) is 2. The normalized spacial score (nSPS) is 20.0. The Morgan fingerprint density at radius 3 is 2.76 bits per heavy atom. The molecule has 0 bridgehead atoms. The first-order valence-electron chi connectivity index (χ1n) is 8.78. The molecule has 0 unspecified atom stereocenters. The number of likely N-dealkylation sites (N-methyl/N-ethyl adjacent to an activating group) is 1. The Labute approximate surface area is 147 Å². The minimum absolute atomic E-state index is 0.0118. The van der Waals surface area contributed by atoms with Gasteiger partial charge in [-0.2, -0.15) is 0 Å². The first-order valence-corrected chi connectivity index (χ1v) is 8.78. The number of likely N-dealkylation sites (tertiary alicyclic amines) is 1. The SMILES string of the molecule is CNC(=O)CNC(=O)CN1CCC[C@@H]1c1ccc2c(c1)OCCCO2. The monoisotopic (exact) mass is 347 g/mol. The molecule has 7 heteroatoms. The lowest BCUT2D eigenvalue weighted by Gasteiger charge is -2.24. The maximum Gasteiger partial charge on any atom is 0.239 e. The van der Waals surface area contributed by atoms with E-state index in [0.29, 0.717) is 13.2 Å². The molecule has 2 aliphatic heterocycles. The average Bonchev–Trinajstić information content (AvgIpc) is 2.95. The molecule has 0 spiro atoms. The lowest BCUT2D eigenvalue weighted by molar-refractivity contribution is -0.126. The second-order valence-electron chi connectivity index (χ2n) is 6.34. The molecule has 0 radical (unpaired) electrons. The van der Waals surface area contributed by atoms with Gasteiger partial charge in [-0.05, 0) is 37.1 Å². The summed E-state index contributed by atoms with van der Waals surface area (Å²) in [6, 6.07) is 6.23. The van der Waals surface area contributed by atoms with E-state index in [-0.39, 0.29) is 30.9 Å². The summed E-state index contributed by atoms with van der Waals surface area (Å²) in [6.45, 7) is 2.50. The molecule has 2 amide bonds. The van der Waals surface area contributed by atoms with Crippen LogP contribution in [0.25, 0.3) is 0 Å². The first-order chi connectivity index (χ1) is 12.2. The number of carbonyl (C=O) groups is 2. The van der Waals surface area contributed by atoms with Crippen molar-refractivity contribution < 1.29 is 19.1 Å². The van der Waals surface area contributed by atoms with Crippen molar-refractivity contribution >= 4 is 11.8 Å². The van der Waals surface area contributed by atoms with E-state index >= 15 is 0 Å². The van der Waals surface area contributed by atoms with Crippen LogP contribution in [-0.4, -0.2) is 56.6 Å². The van der Waals surface area contributed by atoms with Crippen LogP contribution >= 0.6 is 0 Å². The largest absolute Gasteiger partial charge is 0.490 e. The van der Waals surface area contributed by atoms with Crippen LogP contribution in [-0.2, 0) is 9.59 Å². The quantitative estimate of drug-likeness (QED) is 0.825. The zero-order valence-corrected chi connectivity index (χ0v) is 14.5. The van der Waals surface area contributed by atoms with Gasteiger partial charge in [-0.3, -0.25) is 14.5 Å². The van der Waals surface area contributed by atoms with Gasteiger partial charge in [-0.1, -0.05) is 6.07 Å². The molecule has 2 heterocycles. The Morgan fingerprint density at radius 1 is 1.16 bits per heavy atom. The van der Waals surface area contributed by atoms with Crippen LogP contribution < -0.4 is 20.1 Å². The fourth-order valence-corrected chi connectivity index (χ4v) is 3.29. The maximum atomic E-state index is 12.1. The number of amides is 2. The fraction of sp³-hybridized carbons (Fsp3) is 0.556. The Balaban J connectivity index is 1.64. The van der Waals surface area contributed by atoms with Crippen molar-refractivity contribution in [3.63, 3.8) is 0 Å². The summed E-state index contributed by atoms with van der Waals surface area (Å²) >= 11 is 0. The highest BCUT2D eigenvalue weighted by molar-refractivity contribution is 5.85. The number of nitrogens with one attached hydrogen (secondary N) is 2. The van der Waals surface area contributed by atoms with Crippen LogP contribution in [0.15, 0.2) is 18.2 Å². The molecule has 25 heavy (non-hydrogen) atoms. The first kappa shape index (κ1) is 17.5. The third kappa shape index (κ3) is 4.42. The molecule has 7 nitrogen and oxygen atoms in total. The highest BCUT2D eigenvalue weighted by Gasteiger charge is 2.28. The predicted octanol–water partition coefficient (Wildman–Crippen LogP) is 0.847. The van der Waals surface area contributed by atoms with Crippen molar-refractivity contribution in [2.24, 2.45) is 0 Å². The van der Waals surface area contributed by atoms with Crippen LogP contribution in [0.5, 0.6) is 11.5 Å². The summed E-state index contributed by atoms with van der Waals surface area (Å²) in [4.78, 5) is 25.5. The van der Waals surface area contributed by atoms with Gasteiger partial charge in [-0.25, -0.2) is 0 Å². The van der Waals surface area contributed by atoms with Gasteiger partial charge >= 0.3 is 0 Å². The number of rotatable bonds is 5. The number of carbonyl (C=O) groups excluding carboxylic acids is 2. The zero-order valence-electron chi connectivity index (χ0n) is 14.5. The van der Waals surface area contributed by atoms with Gasteiger partial charge in [0.1, 0.15) is 0 Å². The number of hydrogen-bond acceptors (Lipinski definition) is 5. The van der Waals surface area contributed by atoms with Gasteiger partial charge in [0.05, 0.1) is 26.3 Å². The lowest BCUT2D eigenvalue weighted by Crippen LogP contribution is -2.41. The summed E-state index contributed by atoms with van der Waals surface area (Å²) < 4.78 is 11.5. The Kier molecular flexibility index (Phi) is 5.75. The van der Waals surface area contributed by atoms with Gasteiger partial charge in [0.15, 0.2) is 11.5 Å². The second-order valence-corrected chi connectivity index (χ2v) is 6.34. The number of hydrogen-bond donors (Lipinski definition) is 2. The van der Waals surface area contributed by atoms with Crippen LogP contribution in [0.1, 0.15) is 30.9 Å². The van der Waals surface area contributed by atoms with E-state index in [1.54, 1.807) is 7.05 Å². The summed E-state index contributed by atoms with van der Waals surface area (Å²) in [5.41, 5.74) is 1.14. The predicted molar refractivity (Wildman–Crippen MR) is 92.7 cm³/mol. The molecule has 1 saturated heterocycles. The van der Waals surface area contributed by atoms with Crippen LogP contribution in [0.4, 0.5) is 0 Å². The summed E-state index contributed by atoms with van der Waals surface area (Å²) in [6.07, 6.45) is 2.93. The van der Waals surface area contributed by atoms with E-state index in [0.717, 1.165) is 42.9 Å². The molecule has 136 valence electrons. The van der Waals surface area contributed by atoms with E-state index in [1.807, 2.05) is 12.1 Å². The number of nitrogens with zero attached hydrogens (tertiary/aromatic N) is 1. The summed E-state index contributed by atoms with van der Waals surface area (Å²) in [7, 11) is 1.55. The van der Waals surface area contributed by atoms with Crippen molar-refractivity contribution in [2.45, 2.75) is 25.3 Å². The third-order valence-electron chi connectivity index (χ3n) is 4.59. The van der Waals surface area contributed by atoms with E-state index in [2.05, 4.69) is 21.6 Å². The minimum Gasteiger partial charge on any atom is -0.490 e. The lowest BCUT2D eigenvalue weighted by atomic mass is 10.0. The smallest absolute Gasteiger partial charge is 0.239 e. The highest BCUT2D eigenvalue weighted by atomic mass is 16.5. The van der Waals surface area contributed by atoms with Crippen LogP contribution in [0.2, 0.25) is 0 Å². The molecule has 1 aromatic carbocycles. The molecule has 0 aromatic heterocycles. The zero-order chi connectivity index (χ0) is 17.6. The van der Waals surface area contributed by atoms with Crippen LogP contribution in [0.3, 0.4) is 0 Å². The molecule has 2 aliphatic rings. The molecule has 0 aliphatic carbocycles.